The molecule has 2 saturated heterocycles. The summed E-state index contributed by atoms with van der Waals surface area (Å²) in [6.07, 6.45) is 1.28. The molecule has 38 heavy (non-hydrogen) atoms. The number of likely N-dealkylation sites (tertiary alicyclic amines) is 1. The summed E-state index contributed by atoms with van der Waals surface area (Å²) in [7, 11) is 1.50. The van der Waals surface area contributed by atoms with Crippen molar-refractivity contribution < 1.29 is 29.3 Å². The third kappa shape index (κ3) is 7.09. The summed E-state index contributed by atoms with van der Waals surface area (Å²) in [5, 5.41) is 21.0. The molecule has 2 atom stereocenters. The maximum absolute atomic E-state index is 13.3. The fourth-order valence-electron chi connectivity index (χ4n) is 5.33. The molecule has 2 fully saturated rings. The molecule has 3 heterocycles. The first-order chi connectivity index (χ1) is 18.4. The highest BCUT2D eigenvalue weighted by atomic mass is 16.5. The number of hydrogen-bond donors (Lipinski definition) is 2. The van der Waals surface area contributed by atoms with Crippen molar-refractivity contribution in [1.82, 2.24) is 14.8 Å². The second-order valence-corrected chi connectivity index (χ2v) is 10.4. The van der Waals surface area contributed by atoms with E-state index in [4.69, 9.17) is 9.47 Å². The van der Waals surface area contributed by atoms with Crippen molar-refractivity contribution >= 4 is 11.9 Å². The Morgan fingerprint density at radius 1 is 1.00 bits per heavy atom. The van der Waals surface area contributed by atoms with Crippen molar-refractivity contribution in [3.8, 4) is 5.88 Å². The van der Waals surface area contributed by atoms with Crippen LogP contribution in [0.3, 0.4) is 0 Å². The van der Waals surface area contributed by atoms with Gasteiger partial charge in [0.2, 0.25) is 5.88 Å². The van der Waals surface area contributed by atoms with Crippen molar-refractivity contribution in [3.63, 3.8) is 0 Å². The van der Waals surface area contributed by atoms with Gasteiger partial charge in [-0.1, -0.05) is 42.8 Å². The Labute approximate surface area is 224 Å². The number of methoxy groups -OCH3 is 1. The van der Waals surface area contributed by atoms with Crippen LogP contribution in [0.5, 0.6) is 5.88 Å². The van der Waals surface area contributed by atoms with Crippen LogP contribution in [0.4, 0.5) is 0 Å². The van der Waals surface area contributed by atoms with E-state index in [1.807, 2.05) is 18.2 Å². The second kappa shape index (κ2) is 13.2. The number of rotatable bonds is 4. The van der Waals surface area contributed by atoms with Crippen LogP contribution in [0.1, 0.15) is 54.6 Å². The van der Waals surface area contributed by atoms with Crippen molar-refractivity contribution in [2.45, 2.75) is 57.3 Å². The van der Waals surface area contributed by atoms with Gasteiger partial charge in [0, 0.05) is 25.7 Å². The summed E-state index contributed by atoms with van der Waals surface area (Å²) >= 11 is 0. The van der Waals surface area contributed by atoms with Gasteiger partial charge in [-0.25, -0.2) is 4.98 Å². The van der Waals surface area contributed by atoms with Crippen LogP contribution >= 0.6 is 0 Å². The third-order valence-electron chi connectivity index (χ3n) is 7.79. The molecule has 4 rings (SSSR count). The van der Waals surface area contributed by atoms with Crippen LogP contribution in [-0.4, -0.2) is 89.0 Å². The van der Waals surface area contributed by atoms with E-state index in [9.17, 15) is 19.8 Å². The van der Waals surface area contributed by atoms with Gasteiger partial charge in [0.25, 0.3) is 5.91 Å². The number of amides is 1. The minimum absolute atomic E-state index is 0.161. The Morgan fingerprint density at radius 3 is 2.50 bits per heavy atom. The number of carbonyl (C=O) groups excluding carboxylic acids is 2. The van der Waals surface area contributed by atoms with Crippen LogP contribution in [0.2, 0.25) is 0 Å². The number of hydrogen-bond acceptors (Lipinski definition) is 8. The van der Waals surface area contributed by atoms with Gasteiger partial charge in [-0.05, 0) is 56.8 Å². The van der Waals surface area contributed by atoms with Gasteiger partial charge in [-0.2, -0.15) is 0 Å². The lowest BCUT2D eigenvalue weighted by Gasteiger charge is -2.40. The fraction of sp³-hybridized carbons (Fsp3) is 0.552. The number of piperidine rings is 1. The van der Waals surface area contributed by atoms with Crippen LogP contribution < -0.4 is 4.74 Å². The third-order valence-corrected chi connectivity index (χ3v) is 7.79. The number of aromatic nitrogens is 1. The highest BCUT2D eigenvalue weighted by molar-refractivity contribution is 5.92. The normalized spacial score (nSPS) is 23.6. The molecule has 1 aromatic heterocycles. The first-order valence-corrected chi connectivity index (χ1v) is 13.5. The Kier molecular flexibility index (Phi) is 9.71. The Bertz CT molecular complexity index is 1060. The average Bonchev–Trinajstić information content (AvgIpc) is 2.96. The number of aliphatic hydroxyl groups is 2. The summed E-state index contributed by atoms with van der Waals surface area (Å²) < 4.78 is 10.7. The number of benzene rings is 1. The zero-order chi connectivity index (χ0) is 27.0. The predicted molar refractivity (Wildman–Crippen MR) is 142 cm³/mol. The molecule has 0 bridgehead atoms. The molecule has 1 aromatic carbocycles. The van der Waals surface area contributed by atoms with E-state index in [1.54, 1.807) is 23.1 Å². The van der Waals surface area contributed by atoms with Crippen molar-refractivity contribution in [1.29, 1.82) is 0 Å². The van der Waals surface area contributed by atoms with Gasteiger partial charge >= 0.3 is 5.97 Å². The minimum Gasteiger partial charge on any atom is -0.481 e. The minimum atomic E-state index is -1.22. The van der Waals surface area contributed by atoms with Crippen molar-refractivity contribution in [3.05, 3.63) is 59.8 Å². The van der Waals surface area contributed by atoms with E-state index in [0.717, 1.165) is 26.1 Å². The highest BCUT2D eigenvalue weighted by Gasteiger charge is 2.42. The molecule has 2 N–H and O–H groups in total. The largest absolute Gasteiger partial charge is 0.481 e. The molecule has 1 spiro atoms. The van der Waals surface area contributed by atoms with Gasteiger partial charge in [-0.3, -0.25) is 14.5 Å². The van der Waals surface area contributed by atoms with Crippen LogP contribution in [0, 0.1) is 5.41 Å². The molecule has 2 aromatic rings. The molecule has 2 aliphatic rings. The number of aliphatic hydroxyl groups excluding tert-OH is 2. The second-order valence-electron chi connectivity index (χ2n) is 10.4. The maximum atomic E-state index is 13.3. The standard InChI is InChI=1S/C29H39N3O6/c1-37-26-11-7-10-23(30-26)27(35)32-16-6-5-13-29(28(36)38-21-25(34)24(33)12-17-32)14-18-31(19-15-29)20-22-8-3-2-4-9-22/h2-4,7-11,24-25,33-34H,5-6,12-21H2,1H3/t24-,25+/m0/s1. The van der Waals surface area contributed by atoms with Crippen LogP contribution in [0.25, 0.3) is 0 Å². The zero-order valence-corrected chi connectivity index (χ0v) is 22.1. The lowest BCUT2D eigenvalue weighted by atomic mass is 9.74. The molecule has 0 aliphatic carbocycles. The van der Waals surface area contributed by atoms with Gasteiger partial charge in [0.15, 0.2) is 0 Å². The quantitative estimate of drug-likeness (QED) is 0.586. The van der Waals surface area contributed by atoms with E-state index < -0.39 is 17.6 Å². The summed E-state index contributed by atoms with van der Waals surface area (Å²) in [6.45, 7) is 2.85. The number of esters is 1. The smallest absolute Gasteiger partial charge is 0.312 e. The number of nitrogens with zero attached hydrogens (tertiary/aromatic N) is 3. The predicted octanol–water partition coefficient (Wildman–Crippen LogP) is 2.65. The summed E-state index contributed by atoms with van der Waals surface area (Å²) in [6, 6.07) is 15.3. The number of cyclic esters (lactones) is 1. The molecule has 0 saturated carbocycles. The number of ether oxygens (including phenoxy) is 2. The van der Waals surface area contributed by atoms with Gasteiger partial charge in [0.05, 0.1) is 18.6 Å². The van der Waals surface area contributed by atoms with E-state index >= 15 is 0 Å². The monoisotopic (exact) mass is 525 g/mol. The van der Waals surface area contributed by atoms with E-state index in [2.05, 4.69) is 22.0 Å². The Morgan fingerprint density at radius 2 is 1.76 bits per heavy atom. The van der Waals surface area contributed by atoms with Gasteiger partial charge in [-0.15, -0.1) is 0 Å². The van der Waals surface area contributed by atoms with Crippen molar-refractivity contribution in [2.24, 2.45) is 5.41 Å². The van der Waals surface area contributed by atoms with Crippen LogP contribution in [-0.2, 0) is 16.1 Å². The fourth-order valence-corrected chi connectivity index (χ4v) is 5.33. The zero-order valence-electron chi connectivity index (χ0n) is 22.1. The van der Waals surface area contributed by atoms with Gasteiger partial charge in [0.1, 0.15) is 18.4 Å². The SMILES string of the molecule is COc1cccc(C(=O)N2CCCCC3(CCN(Cc4ccccc4)CC3)C(=O)OC[C@@H](O)[C@@H](O)CC2)n1. The lowest BCUT2D eigenvalue weighted by molar-refractivity contribution is -0.165. The molecule has 1 amide bonds. The van der Waals surface area contributed by atoms with E-state index in [0.29, 0.717) is 38.1 Å². The molecular weight excluding hydrogens is 486 g/mol. The highest BCUT2D eigenvalue weighted by Crippen LogP contribution is 2.38. The van der Waals surface area contributed by atoms with E-state index in [-0.39, 0.29) is 37.1 Å². The molecule has 0 radical (unpaired) electrons. The number of carbonyl (C=O) groups is 2. The summed E-state index contributed by atoms with van der Waals surface area (Å²) in [4.78, 5) is 34.8. The van der Waals surface area contributed by atoms with E-state index in [1.165, 1.54) is 12.7 Å². The molecule has 2 aliphatic heterocycles. The Balaban J connectivity index is 1.44. The topological polar surface area (TPSA) is 112 Å². The first kappa shape index (κ1) is 28.0. The maximum Gasteiger partial charge on any atom is 0.312 e. The Hall–Kier alpha value is -3.01. The lowest BCUT2D eigenvalue weighted by Crippen LogP contribution is -2.45. The number of pyridine rings is 1. The van der Waals surface area contributed by atoms with Gasteiger partial charge < -0.3 is 24.6 Å². The van der Waals surface area contributed by atoms with Crippen molar-refractivity contribution in [2.75, 3.05) is 39.9 Å². The summed E-state index contributed by atoms with van der Waals surface area (Å²) in [5.74, 6) is -0.194. The summed E-state index contributed by atoms with van der Waals surface area (Å²) in [5.41, 5.74) is 0.882. The molecule has 9 nitrogen and oxygen atoms in total. The molecule has 206 valence electrons. The van der Waals surface area contributed by atoms with Crippen LogP contribution in [0.15, 0.2) is 48.5 Å². The molecule has 9 heteroatoms. The average molecular weight is 526 g/mol. The first-order valence-electron chi connectivity index (χ1n) is 13.5. The molecular formula is C29H39N3O6. The molecule has 0 unspecified atom stereocenters.